The lowest BCUT2D eigenvalue weighted by Gasteiger charge is -2.15. The van der Waals surface area contributed by atoms with E-state index in [4.69, 9.17) is 0 Å². The maximum atomic E-state index is 11.4. The molecule has 1 aromatic heterocycles. The molecule has 1 aliphatic rings. The summed E-state index contributed by atoms with van der Waals surface area (Å²) in [4.78, 5) is 11.4. The van der Waals surface area contributed by atoms with Crippen molar-refractivity contribution in [3.05, 3.63) is 33.9 Å². The average Bonchev–Trinajstić information content (AvgIpc) is 2.70. The predicted octanol–water partition coefficient (Wildman–Crippen LogP) is 3.93. The maximum absolute atomic E-state index is 11.4. The summed E-state index contributed by atoms with van der Waals surface area (Å²) in [7, 11) is 0. The van der Waals surface area contributed by atoms with Gasteiger partial charge in [-0.3, -0.25) is 4.79 Å². The van der Waals surface area contributed by atoms with Gasteiger partial charge >= 0.3 is 5.97 Å². The SMILES string of the molecule is CCC(C(=O)O)c1cn2c3c(cc(Br)cc13)CCC2. The van der Waals surface area contributed by atoms with Crippen molar-refractivity contribution in [2.24, 2.45) is 0 Å². The topological polar surface area (TPSA) is 42.2 Å². The van der Waals surface area contributed by atoms with Crippen LogP contribution >= 0.6 is 15.9 Å². The van der Waals surface area contributed by atoms with Gasteiger partial charge < -0.3 is 9.67 Å². The van der Waals surface area contributed by atoms with E-state index in [1.54, 1.807) is 0 Å². The number of carboxylic acids is 1. The zero-order chi connectivity index (χ0) is 13.6. The Bertz CT molecular complexity index is 660. The number of halogens is 1. The lowest BCUT2D eigenvalue weighted by Crippen LogP contribution is -2.10. The number of benzene rings is 1. The Balaban J connectivity index is 2.30. The molecule has 0 radical (unpaired) electrons. The van der Waals surface area contributed by atoms with Crippen molar-refractivity contribution in [2.75, 3.05) is 0 Å². The van der Waals surface area contributed by atoms with Crippen molar-refractivity contribution in [2.45, 2.75) is 38.6 Å². The molecule has 0 amide bonds. The molecule has 4 heteroatoms. The Hall–Kier alpha value is -1.29. The molecule has 0 spiro atoms. The van der Waals surface area contributed by atoms with Crippen molar-refractivity contribution >= 4 is 32.8 Å². The fourth-order valence-corrected chi connectivity index (χ4v) is 3.63. The van der Waals surface area contributed by atoms with E-state index >= 15 is 0 Å². The summed E-state index contributed by atoms with van der Waals surface area (Å²) < 4.78 is 3.26. The number of hydrogen-bond donors (Lipinski definition) is 1. The number of nitrogens with zero attached hydrogens (tertiary/aromatic N) is 1. The maximum Gasteiger partial charge on any atom is 0.311 e. The van der Waals surface area contributed by atoms with Crippen LogP contribution in [0.3, 0.4) is 0 Å². The minimum Gasteiger partial charge on any atom is -0.481 e. The van der Waals surface area contributed by atoms with Gasteiger partial charge in [-0.15, -0.1) is 0 Å². The summed E-state index contributed by atoms with van der Waals surface area (Å²) in [6.45, 7) is 2.92. The number of carbonyl (C=O) groups is 1. The van der Waals surface area contributed by atoms with Gasteiger partial charge in [0.15, 0.2) is 0 Å². The molecule has 0 saturated heterocycles. The molecule has 2 heterocycles. The first kappa shape index (κ1) is 12.7. The van der Waals surface area contributed by atoms with E-state index in [0.29, 0.717) is 6.42 Å². The third-order valence-corrected chi connectivity index (χ3v) is 4.43. The largest absolute Gasteiger partial charge is 0.481 e. The van der Waals surface area contributed by atoms with Gasteiger partial charge in [0.25, 0.3) is 0 Å². The molecular formula is C15H16BrNO2. The third-order valence-electron chi connectivity index (χ3n) is 3.97. The van der Waals surface area contributed by atoms with Gasteiger partial charge in [0.2, 0.25) is 0 Å². The normalized spacial score (nSPS) is 15.7. The van der Waals surface area contributed by atoms with E-state index in [-0.39, 0.29) is 0 Å². The van der Waals surface area contributed by atoms with Crippen LogP contribution in [0.4, 0.5) is 0 Å². The second-order valence-corrected chi connectivity index (χ2v) is 6.06. The van der Waals surface area contributed by atoms with Crippen LogP contribution in [0, 0.1) is 0 Å². The molecule has 0 saturated carbocycles. The molecule has 0 fully saturated rings. The monoisotopic (exact) mass is 321 g/mol. The predicted molar refractivity (Wildman–Crippen MR) is 78.6 cm³/mol. The van der Waals surface area contributed by atoms with Gasteiger partial charge in [-0.05, 0) is 42.5 Å². The first-order chi connectivity index (χ1) is 9.11. The quantitative estimate of drug-likeness (QED) is 0.930. The second-order valence-electron chi connectivity index (χ2n) is 5.14. The average molecular weight is 322 g/mol. The molecule has 19 heavy (non-hydrogen) atoms. The highest BCUT2D eigenvalue weighted by Gasteiger charge is 2.25. The molecular weight excluding hydrogens is 306 g/mol. The van der Waals surface area contributed by atoms with Crippen molar-refractivity contribution in [1.29, 1.82) is 0 Å². The van der Waals surface area contributed by atoms with Crippen molar-refractivity contribution in [1.82, 2.24) is 4.57 Å². The Morgan fingerprint density at radius 2 is 2.32 bits per heavy atom. The second kappa shape index (κ2) is 4.67. The summed E-state index contributed by atoms with van der Waals surface area (Å²) in [5.74, 6) is -1.15. The fraction of sp³-hybridized carbons (Fsp3) is 0.400. The van der Waals surface area contributed by atoms with Gasteiger partial charge in [0.05, 0.1) is 11.4 Å². The van der Waals surface area contributed by atoms with E-state index < -0.39 is 11.9 Å². The van der Waals surface area contributed by atoms with Gasteiger partial charge in [-0.25, -0.2) is 0 Å². The number of aliphatic carboxylic acids is 1. The van der Waals surface area contributed by atoms with Crippen LogP contribution in [-0.2, 0) is 17.8 Å². The highest BCUT2D eigenvalue weighted by atomic mass is 79.9. The van der Waals surface area contributed by atoms with E-state index in [1.165, 1.54) is 11.1 Å². The molecule has 1 unspecified atom stereocenters. The Morgan fingerprint density at radius 3 is 3.00 bits per heavy atom. The molecule has 1 N–H and O–H groups in total. The first-order valence-electron chi connectivity index (χ1n) is 6.65. The van der Waals surface area contributed by atoms with Crippen LogP contribution in [0.15, 0.2) is 22.8 Å². The van der Waals surface area contributed by atoms with Crippen LogP contribution in [0.25, 0.3) is 10.9 Å². The van der Waals surface area contributed by atoms with Crippen molar-refractivity contribution in [3.63, 3.8) is 0 Å². The summed E-state index contributed by atoms with van der Waals surface area (Å²) in [5, 5.41) is 10.5. The van der Waals surface area contributed by atoms with E-state index in [2.05, 4.69) is 32.6 Å². The van der Waals surface area contributed by atoms with Gasteiger partial charge in [-0.2, -0.15) is 0 Å². The number of hydrogen-bond acceptors (Lipinski definition) is 1. The standard InChI is InChI=1S/C15H16BrNO2/c1-2-11(15(18)19)13-8-17-5-3-4-9-6-10(16)7-12(13)14(9)17/h6-8,11H,2-5H2,1H3,(H,18,19). The molecule has 2 aromatic rings. The molecule has 3 rings (SSSR count). The summed E-state index contributed by atoms with van der Waals surface area (Å²) in [5.41, 5.74) is 3.50. The van der Waals surface area contributed by atoms with Gasteiger partial charge in [-0.1, -0.05) is 22.9 Å². The minimum atomic E-state index is -0.734. The van der Waals surface area contributed by atoms with Crippen LogP contribution in [-0.4, -0.2) is 15.6 Å². The third kappa shape index (κ3) is 1.98. The highest BCUT2D eigenvalue weighted by Crippen LogP contribution is 2.36. The van der Waals surface area contributed by atoms with Crippen LogP contribution in [0.5, 0.6) is 0 Å². The van der Waals surface area contributed by atoms with Crippen molar-refractivity contribution < 1.29 is 9.90 Å². The Morgan fingerprint density at radius 1 is 1.53 bits per heavy atom. The molecule has 1 aliphatic heterocycles. The number of aryl methyl sites for hydroxylation is 2. The van der Waals surface area contributed by atoms with E-state index in [1.807, 2.05) is 13.1 Å². The molecule has 1 aromatic carbocycles. The lowest BCUT2D eigenvalue weighted by molar-refractivity contribution is -0.138. The van der Waals surface area contributed by atoms with Crippen LogP contribution < -0.4 is 0 Å². The van der Waals surface area contributed by atoms with E-state index in [9.17, 15) is 9.90 Å². The van der Waals surface area contributed by atoms with Crippen LogP contribution in [0.2, 0.25) is 0 Å². The van der Waals surface area contributed by atoms with Gasteiger partial charge in [0.1, 0.15) is 0 Å². The number of aromatic nitrogens is 1. The molecule has 0 bridgehead atoms. The highest BCUT2D eigenvalue weighted by molar-refractivity contribution is 9.10. The smallest absolute Gasteiger partial charge is 0.311 e. The Kier molecular flexibility index (Phi) is 3.13. The summed E-state index contributed by atoms with van der Waals surface area (Å²) >= 11 is 3.54. The summed E-state index contributed by atoms with van der Waals surface area (Å²) in [6.07, 6.45) is 4.86. The number of carboxylic acid groups (broad SMARTS) is 1. The minimum absolute atomic E-state index is 0.413. The fourth-order valence-electron chi connectivity index (χ4n) is 3.13. The Labute approximate surface area is 120 Å². The molecule has 0 aliphatic carbocycles. The summed E-state index contributed by atoms with van der Waals surface area (Å²) in [6, 6.07) is 4.21. The number of rotatable bonds is 3. The van der Waals surface area contributed by atoms with Gasteiger partial charge in [0, 0.05) is 22.6 Å². The molecule has 3 nitrogen and oxygen atoms in total. The first-order valence-corrected chi connectivity index (χ1v) is 7.45. The zero-order valence-electron chi connectivity index (χ0n) is 10.8. The van der Waals surface area contributed by atoms with Crippen molar-refractivity contribution in [3.8, 4) is 0 Å². The zero-order valence-corrected chi connectivity index (χ0v) is 12.4. The van der Waals surface area contributed by atoms with E-state index in [0.717, 1.165) is 34.8 Å². The van der Waals surface area contributed by atoms with Crippen LogP contribution in [0.1, 0.15) is 36.8 Å². The lowest BCUT2D eigenvalue weighted by atomic mass is 9.95. The molecule has 100 valence electrons. The molecule has 1 atom stereocenters.